The first-order valence-corrected chi connectivity index (χ1v) is 5.47. The fourth-order valence-corrected chi connectivity index (χ4v) is 2.51. The van der Waals surface area contributed by atoms with E-state index in [4.69, 9.17) is 17.3 Å². The summed E-state index contributed by atoms with van der Waals surface area (Å²) in [5.74, 6) is 1.00. The third-order valence-corrected chi connectivity index (χ3v) is 3.50. The van der Waals surface area contributed by atoms with Gasteiger partial charge < -0.3 is 5.73 Å². The molecule has 3 rings (SSSR count). The smallest absolute Gasteiger partial charge is 0.242 e. The van der Waals surface area contributed by atoms with Gasteiger partial charge in [-0.2, -0.15) is 0 Å². The third kappa shape index (κ3) is 1.17. The highest BCUT2D eigenvalue weighted by molar-refractivity contribution is 6.28. The van der Waals surface area contributed by atoms with Crippen LogP contribution in [-0.4, -0.2) is 20.3 Å². The van der Waals surface area contributed by atoms with Crippen molar-refractivity contribution in [1.82, 2.24) is 14.8 Å². The van der Waals surface area contributed by atoms with Crippen molar-refractivity contribution in [1.29, 1.82) is 0 Å². The van der Waals surface area contributed by atoms with Crippen LogP contribution >= 0.6 is 11.6 Å². The lowest BCUT2D eigenvalue weighted by atomic mass is 9.97. The number of aryl methyl sites for hydroxylation is 1. The van der Waals surface area contributed by atoms with Gasteiger partial charge in [0.05, 0.1) is 6.04 Å². The van der Waals surface area contributed by atoms with Crippen LogP contribution < -0.4 is 5.73 Å². The molecule has 1 saturated carbocycles. The molecule has 0 spiro atoms. The lowest BCUT2D eigenvalue weighted by molar-refractivity contribution is 0.296. The van der Waals surface area contributed by atoms with E-state index in [2.05, 4.69) is 10.1 Å². The number of hydrogen-bond donors (Lipinski definition) is 1. The molecule has 1 aliphatic heterocycles. The molecule has 1 aromatic heterocycles. The van der Waals surface area contributed by atoms with Gasteiger partial charge >= 0.3 is 0 Å². The molecule has 2 heterocycles. The predicted molar refractivity (Wildman–Crippen MR) is 53.2 cm³/mol. The minimum Gasteiger partial charge on any atom is -0.323 e. The summed E-state index contributed by atoms with van der Waals surface area (Å²) in [6.45, 7) is 0. The van der Waals surface area contributed by atoms with E-state index in [-0.39, 0.29) is 5.54 Å². The van der Waals surface area contributed by atoms with Crippen molar-refractivity contribution in [3.05, 3.63) is 11.1 Å². The van der Waals surface area contributed by atoms with Crippen LogP contribution in [0.3, 0.4) is 0 Å². The molecule has 0 amide bonds. The summed E-state index contributed by atoms with van der Waals surface area (Å²) in [6, 6.07) is 0.325. The van der Waals surface area contributed by atoms with Gasteiger partial charge in [-0.05, 0) is 37.3 Å². The van der Waals surface area contributed by atoms with Crippen LogP contribution in [0.2, 0.25) is 5.28 Å². The van der Waals surface area contributed by atoms with Gasteiger partial charge in [0.25, 0.3) is 0 Å². The van der Waals surface area contributed by atoms with Gasteiger partial charge in [-0.3, -0.25) is 0 Å². The van der Waals surface area contributed by atoms with Gasteiger partial charge in [-0.1, -0.05) is 0 Å². The van der Waals surface area contributed by atoms with Crippen LogP contribution in [0.4, 0.5) is 0 Å². The van der Waals surface area contributed by atoms with Crippen molar-refractivity contribution in [3.63, 3.8) is 0 Å². The Balaban J connectivity index is 2.02. The lowest BCUT2D eigenvalue weighted by Gasteiger charge is -2.28. The molecule has 1 atom stereocenters. The lowest BCUT2D eigenvalue weighted by Crippen LogP contribution is -2.37. The monoisotopic (exact) mass is 212 g/mol. The summed E-state index contributed by atoms with van der Waals surface area (Å²) in [4.78, 5) is 4.20. The molecule has 0 radical (unpaired) electrons. The molecule has 0 saturated heterocycles. The van der Waals surface area contributed by atoms with E-state index in [1.807, 2.05) is 4.68 Å². The Bertz CT molecular complexity index is 369. The van der Waals surface area contributed by atoms with Crippen LogP contribution in [0, 0.1) is 0 Å². The summed E-state index contributed by atoms with van der Waals surface area (Å²) in [5, 5.41) is 4.59. The van der Waals surface area contributed by atoms with E-state index in [9.17, 15) is 0 Å². The van der Waals surface area contributed by atoms with Crippen molar-refractivity contribution >= 4 is 11.6 Å². The minimum absolute atomic E-state index is 0.0216. The number of fused-ring (bicyclic) bond motifs is 1. The van der Waals surface area contributed by atoms with Crippen molar-refractivity contribution < 1.29 is 0 Å². The molecule has 1 fully saturated rings. The Kier molecular flexibility index (Phi) is 1.67. The highest BCUT2D eigenvalue weighted by atomic mass is 35.5. The number of nitrogens with two attached hydrogens (primary N) is 1. The van der Waals surface area contributed by atoms with Crippen molar-refractivity contribution in [2.75, 3.05) is 0 Å². The van der Waals surface area contributed by atoms with Crippen LogP contribution in [0.25, 0.3) is 0 Å². The maximum Gasteiger partial charge on any atom is 0.242 e. The number of aromatic nitrogens is 3. The number of nitrogens with zero attached hydrogens (tertiary/aromatic N) is 3. The van der Waals surface area contributed by atoms with Crippen LogP contribution in [0.5, 0.6) is 0 Å². The number of rotatable bonds is 1. The average molecular weight is 213 g/mol. The molecule has 0 aromatic carbocycles. The summed E-state index contributed by atoms with van der Waals surface area (Å²) < 4.78 is 1.96. The first kappa shape index (κ1) is 8.68. The Morgan fingerprint density at radius 3 is 3.00 bits per heavy atom. The number of halogens is 1. The largest absolute Gasteiger partial charge is 0.323 e. The molecule has 4 nitrogen and oxygen atoms in total. The summed E-state index contributed by atoms with van der Waals surface area (Å²) in [7, 11) is 0. The van der Waals surface area contributed by atoms with Crippen molar-refractivity contribution in [2.45, 2.75) is 43.7 Å². The highest BCUT2D eigenvalue weighted by Gasteiger charge is 2.48. The number of hydrogen-bond acceptors (Lipinski definition) is 3. The van der Waals surface area contributed by atoms with Crippen molar-refractivity contribution in [3.8, 4) is 0 Å². The Labute approximate surface area is 87.4 Å². The second-order valence-corrected chi connectivity index (χ2v) is 4.72. The fraction of sp³-hybridized carbons (Fsp3) is 0.778. The SMILES string of the molecule is NC1(C2CCCc3nc(Cl)nn32)CC1. The molecule has 1 aliphatic carbocycles. The zero-order valence-corrected chi connectivity index (χ0v) is 8.67. The summed E-state index contributed by atoms with van der Waals surface area (Å²) in [6.07, 6.45) is 5.46. The topological polar surface area (TPSA) is 56.7 Å². The van der Waals surface area contributed by atoms with Gasteiger partial charge in [-0.15, -0.1) is 5.10 Å². The molecule has 2 aliphatic rings. The van der Waals surface area contributed by atoms with E-state index >= 15 is 0 Å². The third-order valence-electron chi connectivity index (χ3n) is 3.34. The zero-order chi connectivity index (χ0) is 9.76. The zero-order valence-electron chi connectivity index (χ0n) is 7.91. The molecule has 5 heteroatoms. The predicted octanol–water partition coefficient (Wildman–Crippen LogP) is 1.30. The van der Waals surface area contributed by atoms with Gasteiger partial charge in [0.2, 0.25) is 5.28 Å². The maximum atomic E-state index is 6.21. The normalized spacial score (nSPS) is 28.6. The Hall–Kier alpha value is -0.610. The highest BCUT2D eigenvalue weighted by Crippen LogP contribution is 2.46. The van der Waals surface area contributed by atoms with E-state index < -0.39 is 0 Å². The van der Waals surface area contributed by atoms with Gasteiger partial charge in [0.1, 0.15) is 5.82 Å². The van der Waals surface area contributed by atoms with E-state index in [0.29, 0.717) is 11.3 Å². The molecule has 2 N–H and O–H groups in total. The molecule has 0 bridgehead atoms. The van der Waals surface area contributed by atoms with Gasteiger partial charge in [0.15, 0.2) is 0 Å². The van der Waals surface area contributed by atoms with Crippen LogP contribution in [0.15, 0.2) is 0 Å². The first-order chi connectivity index (χ1) is 6.69. The summed E-state index contributed by atoms with van der Waals surface area (Å²) in [5.41, 5.74) is 6.19. The minimum atomic E-state index is -0.0216. The second-order valence-electron chi connectivity index (χ2n) is 4.38. The van der Waals surface area contributed by atoms with E-state index in [1.165, 1.54) is 0 Å². The van der Waals surface area contributed by atoms with E-state index in [0.717, 1.165) is 37.9 Å². The fourth-order valence-electron chi connectivity index (χ4n) is 2.33. The van der Waals surface area contributed by atoms with Crippen LogP contribution in [0.1, 0.15) is 37.5 Å². The van der Waals surface area contributed by atoms with Crippen LogP contribution in [-0.2, 0) is 6.42 Å². The van der Waals surface area contributed by atoms with Crippen molar-refractivity contribution in [2.24, 2.45) is 5.73 Å². The summed E-state index contributed by atoms with van der Waals surface area (Å²) >= 11 is 5.80. The molecular weight excluding hydrogens is 200 g/mol. The Morgan fingerprint density at radius 2 is 2.29 bits per heavy atom. The molecule has 76 valence electrons. The quantitative estimate of drug-likeness (QED) is 0.764. The van der Waals surface area contributed by atoms with Gasteiger partial charge in [0, 0.05) is 12.0 Å². The molecule has 14 heavy (non-hydrogen) atoms. The van der Waals surface area contributed by atoms with E-state index in [1.54, 1.807) is 0 Å². The van der Waals surface area contributed by atoms with Gasteiger partial charge in [-0.25, -0.2) is 9.67 Å². The second kappa shape index (κ2) is 2.70. The Morgan fingerprint density at radius 1 is 1.50 bits per heavy atom. The molecular formula is C9H13ClN4. The average Bonchev–Trinajstić information content (AvgIpc) is 2.78. The molecule has 1 unspecified atom stereocenters. The standard InChI is InChI=1S/C9H13ClN4/c10-8-12-7-3-1-2-6(14(7)13-8)9(11)4-5-9/h6H,1-5,11H2. The molecule has 1 aromatic rings. The maximum absolute atomic E-state index is 6.21. The first-order valence-electron chi connectivity index (χ1n) is 5.09.